The molecule has 1 amide bonds. The van der Waals surface area contributed by atoms with Crippen LogP contribution in [0.1, 0.15) is 9.67 Å². The van der Waals surface area contributed by atoms with Crippen molar-refractivity contribution in [3.05, 3.63) is 40.4 Å². The van der Waals surface area contributed by atoms with Crippen molar-refractivity contribution in [3.63, 3.8) is 0 Å². The van der Waals surface area contributed by atoms with E-state index in [9.17, 15) is 4.79 Å². The number of rotatable bonds is 5. The lowest BCUT2D eigenvalue weighted by Gasteiger charge is -2.14. The molecule has 0 bridgehead atoms. The SMILES string of the molecule is COCCN(C)C(=O)c1cnc(-c2ccccc2Cl)s1. The molecule has 0 saturated heterocycles. The molecule has 0 aliphatic rings. The number of hydrogen-bond donors (Lipinski definition) is 0. The summed E-state index contributed by atoms with van der Waals surface area (Å²) in [6, 6.07) is 7.47. The van der Waals surface area contributed by atoms with Crippen LogP contribution in [0.5, 0.6) is 0 Å². The molecular formula is C14H15ClN2O2S. The molecule has 4 nitrogen and oxygen atoms in total. The summed E-state index contributed by atoms with van der Waals surface area (Å²) in [4.78, 5) is 18.7. The quantitative estimate of drug-likeness (QED) is 0.852. The predicted octanol–water partition coefficient (Wildman–Crippen LogP) is 3.18. The Bertz CT molecular complexity index is 600. The fraction of sp³-hybridized carbons (Fsp3) is 0.286. The van der Waals surface area contributed by atoms with Crippen LogP contribution < -0.4 is 0 Å². The number of methoxy groups -OCH3 is 1. The minimum absolute atomic E-state index is 0.0575. The standard InChI is InChI=1S/C14H15ClN2O2S/c1-17(7-8-19-2)14(18)12-9-16-13(20-12)10-5-3-4-6-11(10)15/h3-6,9H,7-8H2,1-2H3. The van der Waals surface area contributed by atoms with Gasteiger partial charge in [-0.1, -0.05) is 29.8 Å². The predicted molar refractivity (Wildman–Crippen MR) is 81.4 cm³/mol. The highest BCUT2D eigenvalue weighted by Crippen LogP contribution is 2.31. The van der Waals surface area contributed by atoms with E-state index in [4.69, 9.17) is 16.3 Å². The Kier molecular flexibility index (Phi) is 5.11. The van der Waals surface area contributed by atoms with E-state index in [2.05, 4.69) is 4.98 Å². The van der Waals surface area contributed by atoms with E-state index in [1.807, 2.05) is 24.3 Å². The second-order valence-corrected chi connectivity index (χ2v) is 5.67. The lowest BCUT2D eigenvalue weighted by atomic mass is 10.2. The second kappa shape index (κ2) is 6.83. The van der Waals surface area contributed by atoms with E-state index in [1.54, 1.807) is 25.3 Å². The van der Waals surface area contributed by atoms with Crippen LogP contribution in [0.4, 0.5) is 0 Å². The van der Waals surface area contributed by atoms with E-state index in [-0.39, 0.29) is 5.91 Å². The van der Waals surface area contributed by atoms with Gasteiger partial charge in [0.1, 0.15) is 9.88 Å². The average Bonchev–Trinajstić information content (AvgIpc) is 2.94. The van der Waals surface area contributed by atoms with Crippen molar-refractivity contribution in [2.75, 3.05) is 27.3 Å². The highest BCUT2D eigenvalue weighted by atomic mass is 35.5. The summed E-state index contributed by atoms with van der Waals surface area (Å²) in [7, 11) is 3.36. The van der Waals surface area contributed by atoms with E-state index >= 15 is 0 Å². The van der Waals surface area contributed by atoms with E-state index in [1.165, 1.54) is 11.3 Å². The molecule has 1 heterocycles. The van der Waals surface area contributed by atoms with E-state index in [0.717, 1.165) is 10.6 Å². The first-order valence-electron chi connectivity index (χ1n) is 6.08. The van der Waals surface area contributed by atoms with Gasteiger partial charge in [-0.05, 0) is 6.07 Å². The third-order valence-electron chi connectivity index (χ3n) is 2.80. The monoisotopic (exact) mass is 310 g/mol. The molecule has 0 N–H and O–H groups in total. The summed E-state index contributed by atoms with van der Waals surface area (Å²) in [6.07, 6.45) is 1.59. The number of carbonyl (C=O) groups is 1. The van der Waals surface area contributed by atoms with Gasteiger partial charge >= 0.3 is 0 Å². The molecule has 2 rings (SSSR count). The Morgan fingerprint density at radius 1 is 1.45 bits per heavy atom. The number of benzene rings is 1. The van der Waals surface area contributed by atoms with Crippen LogP contribution in [-0.4, -0.2) is 43.1 Å². The summed E-state index contributed by atoms with van der Waals surface area (Å²) >= 11 is 7.48. The molecule has 1 aromatic heterocycles. The van der Waals surface area contributed by atoms with Gasteiger partial charge in [0, 0.05) is 26.3 Å². The second-order valence-electron chi connectivity index (χ2n) is 4.23. The average molecular weight is 311 g/mol. The number of hydrogen-bond acceptors (Lipinski definition) is 4. The number of amides is 1. The zero-order chi connectivity index (χ0) is 14.5. The maximum Gasteiger partial charge on any atom is 0.265 e. The molecule has 6 heteroatoms. The molecule has 0 saturated carbocycles. The number of nitrogens with zero attached hydrogens (tertiary/aromatic N) is 2. The molecule has 0 aliphatic heterocycles. The minimum atomic E-state index is -0.0575. The van der Waals surface area contributed by atoms with Crippen molar-refractivity contribution < 1.29 is 9.53 Å². The van der Waals surface area contributed by atoms with Crippen molar-refractivity contribution in [1.82, 2.24) is 9.88 Å². The summed E-state index contributed by atoms with van der Waals surface area (Å²) in [6.45, 7) is 1.06. The molecule has 1 aromatic carbocycles. The first-order chi connectivity index (χ1) is 9.63. The number of likely N-dealkylation sites (N-methyl/N-ethyl adjacent to an activating group) is 1. The summed E-state index contributed by atoms with van der Waals surface area (Å²) in [5.74, 6) is -0.0575. The molecule has 0 aliphatic carbocycles. The normalized spacial score (nSPS) is 10.6. The summed E-state index contributed by atoms with van der Waals surface area (Å²) in [5, 5.41) is 1.38. The third kappa shape index (κ3) is 3.36. The molecule has 106 valence electrons. The first-order valence-corrected chi connectivity index (χ1v) is 7.28. The van der Waals surface area contributed by atoms with Crippen LogP contribution in [0.3, 0.4) is 0 Å². The zero-order valence-electron chi connectivity index (χ0n) is 11.3. The Hall–Kier alpha value is -1.43. The molecule has 0 radical (unpaired) electrons. The fourth-order valence-corrected chi connectivity index (χ4v) is 2.88. The maximum atomic E-state index is 12.2. The van der Waals surface area contributed by atoms with Crippen molar-refractivity contribution in [3.8, 4) is 10.6 Å². The van der Waals surface area contributed by atoms with Gasteiger partial charge < -0.3 is 9.64 Å². The minimum Gasteiger partial charge on any atom is -0.383 e. The number of halogens is 1. The Labute approximate surface area is 127 Å². The number of thiazole rings is 1. The Balaban J connectivity index is 2.17. The highest BCUT2D eigenvalue weighted by molar-refractivity contribution is 7.17. The van der Waals surface area contributed by atoms with Crippen LogP contribution >= 0.6 is 22.9 Å². The van der Waals surface area contributed by atoms with Crippen LogP contribution in [0.25, 0.3) is 10.6 Å². The van der Waals surface area contributed by atoms with Crippen LogP contribution in [-0.2, 0) is 4.74 Å². The van der Waals surface area contributed by atoms with E-state index in [0.29, 0.717) is 23.1 Å². The van der Waals surface area contributed by atoms with Crippen LogP contribution in [0.2, 0.25) is 5.02 Å². The van der Waals surface area contributed by atoms with Gasteiger partial charge in [-0.3, -0.25) is 4.79 Å². The van der Waals surface area contributed by atoms with Gasteiger partial charge in [-0.2, -0.15) is 0 Å². The topological polar surface area (TPSA) is 42.4 Å². The van der Waals surface area contributed by atoms with Gasteiger partial charge in [0.25, 0.3) is 5.91 Å². The van der Waals surface area contributed by atoms with Crippen LogP contribution in [0.15, 0.2) is 30.5 Å². The van der Waals surface area contributed by atoms with Gasteiger partial charge in [-0.15, -0.1) is 11.3 Å². The zero-order valence-corrected chi connectivity index (χ0v) is 12.9. The van der Waals surface area contributed by atoms with Gasteiger partial charge in [-0.25, -0.2) is 4.98 Å². The van der Waals surface area contributed by atoms with Crippen molar-refractivity contribution in [2.45, 2.75) is 0 Å². The Morgan fingerprint density at radius 3 is 2.90 bits per heavy atom. The first kappa shape index (κ1) is 15.0. The highest BCUT2D eigenvalue weighted by Gasteiger charge is 2.16. The molecule has 0 atom stereocenters. The maximum absolute atomic E-state index is 12.2. The molecule has 0 fully saturated rings. The molecule has 2 aromatic rings. The van der Waals surface area contributed by atoms with Crippen molar-refractivity contribution in [2.24, 2.45) is 0 Å². The number of ether oxygens (including phenoxy) is 1. The molecule has 0 spiro atoms. The lowest BCUT2D eigenvalue weighted by molar-refractivity contribution is 0.0748. The fourth-order valence-electron chi connectivity index (χ4n) is 1.65. The van der Waals surface area contributed by atoms with Crippen molar-refractivity contribution >= 4 is 28.8 Å². The molecule has 20 heavy (non-hydrogen) atoms. The molecular weight excluding hydrogens is 296 g/mol. The molecule has 0 unspecified atom stereocenters. The van der Waals surface area contributed by atoms with Crippen molar-refractivity contribution in [1.29, 1.82) is 0 Å². The van der Waals surface area contributed by atoms with Gasteiger partial charge in [0.2, 0.25) is 0 Å². The Morgan fingerprint density at radius 2 is 2.20 bits per heavy atom. The lowest BCUT2D eigenvalue weighted by Crippen LogP contribution is -2.29. The smallest absolute Gasteiger partial charge is 0.265 e. The largest absolute Gasteiger partial charge is 0.383 e. The number of carbonyl (C=O) groups excluding carboxylic acids is 1. The number of aromatic nitrogens is 1. The van der Waals surface area contributed by atoms with Crippen LogP contribution in [0, 0.1) is 0 Å². The van der Waals surface area contributed by atoms with E-state index < -0.39 is 0 Å². The third-order valence-corrected chi connectivity index (χ3v) is 4.15. The summed E-state index contributed by atoms with van der Waals surface area (Å²) < 4.78 is 4.97. The van der Waals surface area contributed by atoms with Gasteiger partial charge in [0.15, 0.2) is 0 Å². The van der Waals surface area contributed by atoms with Gasteiger partial charge in [0.05, 0.1) is 17.8 Å². The summed E-state index contributed by atoms with van der Waals surface area (Å²) in [5.41, 5.74) is 0.845.